The van der Waals surface area contributed by atoms with Crippen molar-refractivity contribution >= 4 is 5.97 Å². The third-order valence-corrected chi connectivity index (χ3v) is 4.00. The van der Waals surface area contributed by atoms with Gasteiger partial charge in [-0.2, -0.15) is 0 Å². The Kier molecular flexibility index (Phi) is 3.08. The topological polar surface area (TPSA) is 35.5 Å². The van der Waals surface area contributed by atoms with Gasteiger partial charge in [-0.25, -0.2) is 0 Å². The van der Waals surface area contributed by atoms with Crippen LogP contribution in [0.2, 0.25) is 0 Å². The molecular weight excluding hydrogens is 228 g/mol. The lowest BCUT2D eigenvalue weighted by molar-refractivity contribution is -0.143. The van der Waals surface area contributed by atoms with Gasteiger partial charge in [0.2, 0.25) is 0 Å². The molecule has 0 aromatic heterocycles. The predicted molar refractivity (Wildman–Crippen MR) is 67.1 cm³/mol. The van der Waals surface area contributed by atoms with Crippen LogP contribution in [0.3, 0.4) is 0 Å². The minimum Gasteiger partial charge on any atom is -0.459 e. The van der Waals surface area contributed by atoms with Crippen LogP contribution in [0.25, 0.3) is 0 Å². The van der Waals surface area contributed by atoms with Crippen LogP contribution in [0.5, 0.6) is 0 Å². The van der Waals surface area contributed by atoms with Gasteiger partial charge >= 0.3 is 5.97 Å². The maximum absolute atomic E-state index is 11.3. The Bertz CT molecular complexity index is 429. The maximum atomic E-state index is 11.3. The third-order valence-electron chi connectivity index (χ3n) is 4.00. The highest BCUT2D eigenvalue weighted by Crippen LogP contribution is 2.38. The Balaban J connectivity index is 1.72. The number of rotatable bonds is 3. The summed E-state index contributed by atoms with van der Waals surface area (Å²) < 4.78 is 11.4. The highest BCUT2D eigenvalue weighted by Gasteiger charge is 2.50. The SMILES string of the molecule is CC[C@@H]1C(Cc2ccccc2)O[C@H]2CC(=O)O[C@H]21. The van der Waals surface area contributed by atoms with Gasteiger partial charge in [0.25, 0.3) is 0 Å². The number of hydrogen-bond donors (Lipinski definition) is 0. The summed E-state index contributed by atoms with van der Waals surface area (Å²) in [5, 5.41) is 0. The van der Waals surface area contributed by atoms with Crippen molar-refractivity contribution < 1.29 is 14.3 Å². The highest BCUT2D eigenvalue weighted by molar-refractivity contribution is 5.72. The Morgan fingerprint density at radius 3 is 2.78 bits per heavy atom. The van der Waals surface area contributed by atoms with Gasteiger partial charge in [-0.1, -0.05) is 37.3 Å². The van der Waals surface area contributed by atoms with E-state index in [1.165, 1.54) is 5.56 Å². The molecule has 2 saturated heterocycles. The van der Waals surface area contributed by atoms with Crippen molar-refractivity contribution in [2.75, 3.05) is 0 Å². The molecule has 0 bridgehead atoms. The standard InChI is InChI=1S/C15H18O3/c1-2-11-12(8-10-6-4-3-5-7-10)17-13-9-14(16)18-15(11)13/h3-7,11-13,15H,2,8-9H2,1H3/t11-,12?,13+,15+/m1/s1. The summed E-state index contributed by atoms with van der Waals surface area (Å²) in [6, 6.07) is 10.4. The molecule has 0 N–H and O–H groups in total. The molecule has 2 aliphatic heterocycles. The fourth-order valence-corrected chi connectivity index (χ4v) is 3.12. The number of hydrogen-bond acceptors (Lipinski definition) is 3. The molecule has 0 aliphatic carbocycles. The van der Waals surface area contributed by atoms with Crippen molar-refractivity contribution in [1.29, 1.82) is 0 Å². The van der Waals surface area contributed by atoms with Crippen molar-refractivity contribution in [2.45, 2.75) is 44.5 Å². The largest absolute Gasteiger partial charge is 0.459 e. The molecule has 3 nitrogen and oxygen atoms in total. The van der Waals surface area contributed by atoms with Crippen LogP contribution in [0.1, 0.15) is 25.3 Å². The molecule has 0 spiro atoms. The first-order valence-electron chi connectivity index (χ1n) is 6.66. The van der Waals surface area contributed by atoms with Crippen molar-refractivity contribution in [3.05, 3.63) is 35.9 Å². The molecule has 2 fully saturated rings. The van der Waals surface area contributed by atoms with Crippen LogP contribution < -0.4 is 0 Å². The summed E-state index contributed by atoms with van der Waals surface area (Å²) in [4.78, 5) is 11.3. The Labute approximate surface area is 107 Å². The molecule has 3 heteroatoms. The first-order chi connectivity index (χ1) is 8.78. The third kappa shape index (κ3) is 2.03. The van der Waals surface area contributed by atoms with Gasteiger partial charge < -0.3 is 9.47 Å². The molecule has 96 valence electrons. The van der Waals surface area contributed by atoms with E-state index in [0.29, 0.717) is 12.3 Å². The van der Waals surface area contributed by atoms with E-state index < -0.39 is 0 Å². The van der Waals surface area contributed by atoms with E-state index in [1.54, 1.807) is 0 Å². The van der Waals surface area contributed by atoms with Crippen LogP contribution in [0.15, 0.2) is 30.3 Å². The van der Waals surface area contributed by atoms with Gasteiger partial charge in [0.05, 0.1) is 12.5 Å². The molecule has 1 unspecified atom stereocenters. The monoisotopic (exact) mass is 246 g/mol. The predicted octanol–water partition coefficient (Wildman–Crippen LogP) is 2.34. The van der Waals surface area contributed by atoms with Crippen molar-refractivity contribution in [1.82, 2.24) is 0 Å². The second-order valence-corrected chi connectivity index (χ2v) is 5.13. The number of fused-ring (bicyclic) bond motifs is 1. The van der Waals surface area contributed by atoms with Crippen molar-refractivity contribution in [3.8, 4) is 0 Å². The average molecular weight is 246 g/mol. The zero-order valence-corrected chi connectivity index (χ0v) is 10.5. The number of benzene rings is 1. The molecule has 4 atom stereocenters. The van der Waals surface area contributed by atoms with E-state index in [-0.39, 0.29) is 24.3 Å². The van der Waals surface area contributed by atoms with E-state index in [4.69, 9.17) is 9.47 Å². The zero-order chi connectivity index (χ0) is 12.5. The first kappa shape index (κ1) is 11.7. The smallest absolute Gasteiger partial charge is 0.308 e. The lowest BCUT2D eigenvalue weighted by atomic mass is 9.90. The number of esters is 1. The van der Waals surface area contributed by atoms with Gasteiger partial charge in [0.1, 0.15) is 12.2 Å². The molecule has 2 aliphatic rings. The minimum absolute atomic E-state index is 0.0174. The second kappa shape index (κ2) is 4.73. The van der Waals surface area contributed by atoms with E-state index in [1.807, 2.05) is 18.2 Å². The van der Waals surface area contributed by atoms with Gasteiger partial charge in [0, 0.05) is 5.92 Å². The van der Waals surface area contributed by atoms with E-state index in [2.05, 4.69) is 19.1 Å². The summed E-state index contributed by atoms with van der Waals surface area (Å²) in [6.45, 7) is 2.14. The molecule has 3 rings (SSSR count). The summed E-state index contributed by atoms with van der Waals surface area (Å²) in [6.07, 6.45) is 2.47. The molecule has 18 heavy (non-hydrogen) atoms. The second-order valence-electron chi connectivity index (χ2n) is 5.13. The van der Waals surface area contributed by atoms with Crippen LogP contribution in [0.4, 0.5) is 0 Å². The van der Waals surface area contributed by atoms with Gasteiger partial charge in [0.15, 0.2) is 0 Å². The normalized spacial score (nSPS) is 34.4. The van der Waals surface area contributed by atoms with Crippen LogP contribution >= 0.6 is 0 Å². The van der Waals surface area contributed by atoms with Crippen LogP contribution in [0, 0.1) is 5.92 Å². The van der Waals surface area contributed by atoms with Crippen molar-refractivity contribution in [3.63, 3.8) is 0 Å². The zero-order valence-electron chi connectivity index (χ0n) is 10.5. The lowest BCUT2D eigenvalue weighted by Crippen LogP contribution is -2.27. The average Bonchev–Trinajstić information content (AvgIpc) is 2.85. The van der Waals surface area contributed by atoms with E-state index in [0.717, 1.165) is 12.8 Å². The highest BCUT2D eigenvalue weighted by atomic mass is 16.6. The molecule has 0 radical (unpaired) electrons. The van der Waals surface area contributed by atoms with Gasteiger partial charge in [-0.15, -0.1) is 0 Å². The number of carbonyl (C=O) groups excluding carboxylic acids is 1. The molecule has 0 amide bonds. The summed E-state index contributed by atoms with van der Waals surface area (Å²) >= 11 is 0. The minimum atomic E-state index is -0.110. The fraction of sp³-hybridized carbons (Fsp3) is 0.533. The summed E-state index contributed by atoms with van der Waals surface area (Å²) in [7, 11) is 0. The lowest BCUT2D eigenvalue weighted by Gasteiger charge is -2.20. The number of ether oxygens (including phenoxy) is 2. The van der Waals surface area contributed by atoms with Crippen molar-refractivity contribution in [2.24, 2.45) is 5.92 Å². The van der Waals surface area contributed by atoms with E-state index >= 15 is 0 Å². The molecule has 1 aromatic rings. The first-order valence-corrected chi connectivity index (χ1v) is 6.66. The quantitative estimate of drug-likeness (QED) is 0.768. The Morgan fingerprint density at radius 1 is 1.28 bits per heavy atom. The molecular formula is C15H18O3. The molecule has 2 heterocycles. The maximum Gasteiger partial charge on any atom is 0.308 e. The van der Waals surface area contributed by atoms with E-state index in [9.17, 15) is 4.79 Å². The summed E-state index contributed by atoms with van der Waals surface area (Å²) in [5.41, 5.74) is 1.28. The van der Waals surface area contributed by atoms with Gasteiger partial charge in [-0.05, 0) is 18.4 Å². The van der Waals surface area contributed by atoms with Crippen LogP contribution in [-0.4, -0.2) is 24.3 Å². The molecule has 1 aromatic carbocycles. The van der Waals surface area contributed by atoms with Gasteiger partial charge in [-0.3, -0.25) is 4.79 Å². The molecule has 0 saturated carbocycles. The Hall–Kier alpha value is -1.35. The fourth-order valence-electron chi connectivity index (χ4n) is 3.12. The van der Waals surface area contributed by atoms with Crippen LogP contribution in [-0.2, 0) is 20.7 Å². The Morgan fingerprint density at radius 2 is 2.06 bits per heavy atom. The number of carbonyl (C=O) groups is 1. The summed E-state index contributed by atoms with van der Waals surface area (Å²) in [5.74, 6) is 0.225.